The number of rotatable bonds is 52. The highest BCUT2D eigenvalue weighted by Crippen LogP contribution is 2.43. The smallest absolute Gasteiger partial charge is 0.472 e. The molecule has 3 unspecified atom stereocenters. The second-order valence-electron chi connectivity index (χ2n) is 18.8. The van der Waals surface area contributed by atoms with E-state index in [0.717, 1.165) is 51.4 Å². The van der Waals surface area contributed by atoms with Crippen molar-refractivity contribution in [3.05, 3.63) is 48.6 Å². The van der Waals surface area contributed by atoms with Gasteiger partial charge in [0.2, 0.25) is 5.91 Å². The molecular weight excluding hydrogens is 878 g/mol. The zero-order valence-corrected chi connectivity index (χ0v) is 44.3. The summed E-state index contributed by atoms with van der Waals surface area (Å²) in [7, 11) is -4.77. The third kappa shape index (κ3) is 49.8. The van der Waals surface area contributed by atoms with E-state index < -0.39 is 57.6 Å². The maximum Gasteiger partial charge on any atom is 0.472 e. The maximum atomic E-state index is 12.4. The number of phosphoric ester groups is 1. The van der Waals surface area contributed by atoms with Crippen LogP contribution in [0.4, 0.5) is 0 Å². The third-order valence-electron chi connectivity index (χ3n) is 12.1. The van der Waals surface area contributed by atoms with E-state index in [1.807, 2.05) is 0 Å². The summed E-state index contributed by atoms with van der Waals surface area (Å²) >= 11 is 0. The first kappa shape index (κ1) is 65.4. The summed E-state index contributed by atoms with van der Waals surface area (Å²) in [4.78, 5) is 46.2. The fourth-order valence-corrected chi connectivity index (χ4v) is 8.56. The lowest BCUT2D eigenvalue weighted by molar-refractivity contribution is -0.147. The number of esters is 1. The van der Waals surface area contributed by atoms with Gasteiger partial charge in [-0.25, -0.2) is 9.36 Å². The van der Waals surface area contributed by atoms with Crippen LogP contribution in [0.1, 0.15) is 258 Å². The molecule has 0 bridgehead atoms. The van der Waals surface area contributed by atoms with Gasteiger partial charge in [-0.3, -0.25) is 18.6 Å². The molecule has 4 N–H and O–H groups in total. The van der Waals surface area contributed by atoms with E-state index in [2.05, 4.69) is 67.8 Å². The van der Waals surface area contributed by atoms with Crippen molar-refractivity contribution in [3.63, 3.8) is 0 Å². The predicted octanol–water partition coefficient (Wildman–Crippen LogP) is 15.7. The van der Waals surface area contributed by atoms with Crippen molar-refractivity contribution in [2.75, 3.05) is 19.8 Å². The standard InChI is InChI=1S/C56H102NO10P/c1-3-5-7-9-11-13-15-17-19-21-23-25-26-28-30-32-34-36-38-40-42-44-46-48-55(60)65-49-52(58)50-66-68(63,64)67-51-53(56(61)62)57-54(59)47-45-43-41-39-37-35-33-31-29-27-24-22-20-18-16-14-12-10-8-6-4-2/h11-14,17-20,52-53,58H,3-10,15-16,21-51H2,1-2H3,(H,57,59)(H,61,62)(H,63,64)/b13-11-,14-12-,19-17-,20-18-. The molecule has 0 heterocycles. The van der Waals surface area contributed by atoms with E-state index in [1.165, 1.54) is 167 Å². The molecule has 0 aliphatic heterocycles. The van der Waals surface area contributed by atoms with Crippen molar-refractivity contribution in [3.8, 4) is 0 Å². The van der Waals surface area contributed by atoms with Crippen molar-refractivity contribution < 1.29 is 47.8 Å². The number of amides is 1. The SMILES string of the molecule is CCCCC/C=C\C/C=C\CCCCCCCCCCCCCCCC(=O)OCC(O)COP(=O)(O)OCC(NC(=O)CCCCCCCCCCCCC/C=C\C/C=C\CCCCC)C(=O)O. The van der Waals surface area contributed by atoms with Gasteiger partial charge in [0, 0.05) is 12.8 Å². The number of phosphoric acid groups is 1. The first-order valence-electron chi connectivity index (χ1n) is 27.7. The van der Waals surface area contributed by atoms with Gasteiger partial charge >= 0.3 is 19.8 Å². The highest BCUT2D eigenvalue weighted by molar-refractivity contribution is 7.47. The van der Waals surface area contributed by atoms with E-state index in [0.29, 0.717) is 12.8 Å². The molecule has 0 aromatic carbocycles. The van der Waals surface area contributed by atoms with E-state index >= 15 is 0 Å². The fraction of sp³-hybridized carbons (Fsp3) is 0.804. The Bertz CT molecular complexity index is 1330. The van der Waals surface area contributed by atoms with Crippen LogP contribution < -0.4 is 5.32 Å². The Morgan fingerprint density at radius 1 is 0.471 bits per heavy atom. The van der Waals surface area contributed by atoms with Gasteiger partial charge in [0.15, 0.2) is 6.04 Å². The molecule has 3 atom stereocenters. The van der Waals surface area contributed by atoms with Crippen LogP contribution in [0.2, 0.25) is 0 Å². The Balaban J connectivity index is 3.78. The molecule has 0 spiro atoms. The second kappa shape index (κ2) is 50.8. The minimum atomic E-state index is -4.77. The summed E-state index contributed by atoms with van der Waals surface area (Å²) in [6, 6.07) is -1.55. The summed E-state index contributed by atoms with van der Waals surface area (Å²) in [5, 5.41) is 22.0. The summed E-state index contributed by atoms with van der Waals surface area (Å²) in [5.74, 6) is -2.37. The van der Waals surface area contributed by atoms with Gasteiger partial charge in [-0.15, -0.1) is 0 Å². The predicted molar refractivity (Wildman–Crippen MR) is 282 cm³/mol. The van der Waals surface area contributed by atoms with Crippen LogP contribution in [0.5, 0.6) is 0 Å². The molecule has 0 radical (unpaired) electrons. The number of hydrogen-bond donors (Lipinski definition) is 4. The van der Waals surface area contributed by atoms with Crippen LogP contribution in [-0.4, -0.2) is 64.9 Å². The lowest BCUT2D eigenvalue weighted by atomic mass is 10.0. The van der Waals surface area contributed by atoms with E-state index in [9.17, 15) is 34.1 Å². The van der Waals surface area contributed by atoms with E-state index in [4.69, 9.17) is 13.8 Å². The first-order valence-corrected chi connectivity index (χ1v) is 29.2. The molecule has 0 saturated heterocycles. The third-order valence-corrected chi connectivity index (χ3v) is 13.0. The number of nitrogens with one attached hydrogen (secondary N) is 1. The molecule has 0 aliphatic rings. The number of hydrogen-bond acceptors (Lipinski definition) is 8. The Morgan fingerprint density at radius 3 is 1.19 bits per heavy atom. The molecule has 0 saturated carbocycles. The minimum absolute atomic E-state index is 0.143. The largest absolute Gasteiger partial charge is 0.480 e. The van der Waals surface area contributed by atoms with Gasteiger partial charge in [0.05, 0.1) is 13.2 Å². The number of ether oxygens (including phenoxy) is 1. The number of carbonyl (C=O) groups is 3. The molecular formula is C56H102NO10P. The molecule has 11 nitrogen and oxygen atoms in total. The minimum Gasteiger partial charge on any atom is -0.480 e. The number of carboxylic acids is 1. The summed E-state index contributed by atoms with van der Waals surface area (Å²) in [6.07, 6.45) is 59.9. The van der Waals surface area contributed by atoms with Crippen molar-refractivity contribution >= 4 is 25.7 Å². The average molecular weight is 980 g/mol. The van der Waals surface area contributed by atoms with E-state index in [1.54, 1.807) is 0 Å². The number of allylic oxidation sites excluding steroid dienone is 8. The zero-order chi connectivity index (χ0) is 49.9. The number of aliphatic hydroxyl groups is 1. The second-order valence-corrected chi connectivity index (χ2v) is 20.2. The molecule has 0 aromatic heterocycles. The Hall–Kier alpha value is -2.56. The van der Waals surface area contributed by atoms with E-state index in [-0.39, 0.29) is 12.8 Å². The van der Waals surface area contributed by atoms with Crippen LogP contribution in [0.3, 0.4) is 0 Å². The molecule has 68 heavy (non-hydrogen) atoms. The number of aliphatic hydroxyl groups excluding tert-OH is 1. The van der Waals surface area contributed by atoms with Crippen molar-refractivity contribution in [2.24, 2.45) is 0 Å². The highest BCUT2D eigenvalue weighted by Gasteiger charge is 2.28. The molecule has 396 valence electrons. The van der Waals surface area contributed by atoms with Crippen molar-refractivity contribution in [1.29, 1.82) is 0 Å². The van der Waals surface area contributed by atoms with Gasteiger partial charge in [-0.05, 0) is 77.0 Å². The van der Waals surface area contributed by atoms with Gasteiger partial charge in [-0.2, -0.15) is 0 Å². The van der Waals surface area contributed by atoms with Crippen molar-refractivity contribution in [1.82, 2.24) is 5.32 Å². The van der Waals surface area contributed by atoms with Gasteiger partial charge in [0.25, 0.3) is 0 Å². The maximum absolute atomic E-state index is 12.4. The lowest BCUT2D eigenvalue weighted by Crippen LogP contribution is -2.43. The van der Waals surface area contributed by atoms with Gasteiger partial charge < -0.3 is 25.2 Å². The number of carbonyl (C=O) groups excluding carboxylic acids is 2. The normalized spacial score (nSPS) is 13.8. The molecule has 0 fully saturated rings. The van der Waals surface area contributed by atoms with Crippen LogP contribution in [0, 0.1) is 0 Å². The Labute approximate surface area is 415 Å². The summed E-state index contributed by atoms with van der Waals surface area (Å²) in [5.41, 5.74) is 0. The van der Waals surface area contributed by atoms with Crippen molar-refractivity contribution in [2.45, 2.75) is 270 Å². The topological polar surface area (TPSA) is 169 Å². The molecule has 0 aliphatic carbocycles. The van der Waals surface area contributed by atoms with Crippen LogP contribution in [0.15, 0.2) is 48.6 Å². The quantitative estimate of drug-likeness (QED) is 0.0199. The Morgan fingerprint density at radius 2 is 0.809 bits per heavy atom. The van der Waals surface area contributed by atoms with Crippen LogP contribution in [-0.2, 0) is 32.7 Å². The number of aliphatic carboxylic acids is 1. The Kier molecular flexibility index (Phi) is 48.9. The monoisotopic (exact) mass is 980 g/mol. The summed E-state index contributed by atoms with van der Waals surface area (Å²) < 4.78 is 27.0. The molecule has 0 aromatic rings. The van der Waals surface area contributed by atoms with Gasteiger partial charge in [0.1, 0.15) is 12.7 Å². The molecule has 12 heteroatoms. The number of carboxylic acid groups (broad SMARTS) is 1. The average Bonchev–Trinajstić information content (AvgIpc) is 3.32. The fourth-order valence-electron chi connectivity index (χ4n) is 7.79. The summed E-state index contributed by atoms with van der Waals surface area (Å²) in [6.45, 7) is 2.59. The lowest BCUT2D eigenvalue weighted by Gasteiger charge is -2.18. The molecule has 0 rings (SSSR count). The number of unbranched alkanes of at least 4 members (excludes halogenated alkanes) is 30. The van der Waals surface area contributed by atoms with Crippen LogP contribution in [0.25, 0.3) is 0 Å². The first-order chi connectivity index (χ1) is 33.1. The molecule has 1 amide bonds. The van der Waals surface area contributed by atoms with Gasteiger partial charge in [-0.1, -0.05) is 217 Å². The van der Waals surface area contributed by atoms with Crippen LogP contribution >= 0.6 is 7.82 Å². The zero-order valence-electron chi connectivity index (χ0n) is 43.4. The highest BCUT2D eigenvalue weighted by atomic mass is 31.2.